The van der Waals surface area contributed by atoms with E-state index in [2.05, 4.69) is 0 Å². The highest BCUT2D eigenvalue weighted by Gasteiger charge is 2.18. The Morgan fingerprint density at radius 3 is 1.95 bits per heavy atom. The van der Waals surface area contributed by atoms with Gasteiger partial charge in [-0.2, -0.15) is 0 Å². The summed E-state index contributed by atoms with van der Waals surface area (Å²) in [6.45, 7) is 0. The second-order valence-electron chi connectivity index (χ2n) is 4.10. The van der Waals surface area contributed by atoms with Crippen molar-refractivity contribution in [3.63, 3.8) is 0 Å². The van der Waals surface area contributed by atoms with Gasteiger partial charge in [-0.15, -0.1) is 0 Å². The van der Waals surface area contributed by atoms with Crippen LogP contribution < -0.4 is 4.74 Å². The molecule has 6 heteroatoms. The van der Waals surface area contributed by atoms with Crippen molar-refractivity contribution in [1.29, 1.82) is 0 Å². The molecule has 0 aliphatic carbocycles. The summed E-state index contributed by atoms with van der Waals surface area (Å²) in [7, 11) is 1.28. The van der Waals surface area contributed by atoms with E-state index in [-0.39, 0.29) is 16.9 Å². The van der Waals surface area contributed by atoms with E-state index in [4.69, 9.17) is 4.74 Å². The predicted octanol–water partition coefficient (Wildman–Crippen LogP) is 3.33. The number of hydrogen-bond donors (Lipinski definition) is 1. The van der Waals surface area contributed by atoms with Crippen molar-refractivity contribution >= 4 is 0 Å². The second-order valence-corrected chi connectivity index (χ2v) is 4.10. The molecule has 0 radical (unpaired) electrons. The highest BCUT2D eigenvalue weighted by molar-refractivity contribution is 5.35. The van der Waals surface area contributed by atoms with Crippen LogP contribution in [0, 0.1) is 23.3 Å². The lowest BCUT2D eigenvalue weighted by Crippen LogP contribution is -2.04. The van der Waals surface area contributed by atoms with Crippen LogP contribution in [0.25, 0.3) is 0 Å². The third-order valence-corrected chi connectivity index (χ3v) is 2.81. The first-order chi connectivity index (χ1) is 9.43. The van der Waals surface area contributed by atoms with E-state index in [1.807, 2.05) is 0 Å². The van der Waals surface area contributed by atoms with E-state index < -0.39 is 29.4 Å². The Kier molecular flexibility index (Phi) is 3.94. The van der Waals surface area contributed by atoms with Gasteiger partial charge in [0.1, 0.15) is 6.10 Å². The van der Waals surface area contributed by atoms with Crippen LogP contribution in [0.4, 0.5) is 17.6 Å². The Bertz CT molecular complexity index is 620. The van der Waals surface area contributed by atoms with Gasteiger partial charge in [0.25, 0.3) is 0 Å². The molecule has 2 aromatic carbocycles. The molecule has 0 bridgehead atoms. The SMILES string of the molecule is COc1ccc(C(O)c2cc(F)c(F)c(F)c2)cc1F. The molecule has 1 N–H and O–H groups in total. The first kappa shape index (κ1) is 14.3. The number of rotatable bonds is 3. The van der Waals surface area contributed by atoms with Gasteiger partial charge >= 0.3 is 0 Å². The van der Waals surface area contributed by atoms with Gasteiger partial charge in [-0.3, -0.25) is 0 Å². The molecule has 0 saturated heterocycles. The van der Waals surface area contributed by atoms with Crippen LogP contribution in [-0.2, 0) is 0 Å². The fourth-order valence-electron chi connectivity index (χ4n) is 1.78. The second kappa shape index (κ2) is 5.50. The molecule has 2 nitrogen and oxygen atoms in total. The van der Waals surface area contributed by atoms with Crippen molar-refractivity contribution in [1.82, 2.24) is 0 Å². The van der Waals surface area contributed by atoms with Crippen LogP contribution in [0.5, 0.6) is 5.75 Å². The van der Waals surface area contributed by atoms with Crippen molar-refractivity contribution in [3.8, 4) is 5.75 Å². The smallest absolute Gasteiger partial charge is 0.194 e. The molecule has 0 fully saturated rings. The Labute approximate surface area is 112 Å². The van der Waals surface area contributed by atoms with Gasteiger partial charge in [0.05, 0.1) is 7.11 Å². The molecule has 1 unspecified atom stereocenters. The molecule has 0 aliphatic rings. The normalized spacial score (nSPS) is 12.3. The summed E-state index contributed by atoms with van der Waals surface area (Å²) in [5.41, 5.74) is -0.153. The van der Waals surface area contributed by atoms with Gasteiger partial charge in [-0.05, 0) is 35.4 Å². The molecule has 106 valence electrons. The van der Waals surface area contributed by atoms with E-state index in [0.717, 1.165) is 6.07 Å². The van der Waals surface area contributed by atoms with Crippen LogP contribution in [0.3, 0.4) is 0 Å². The Morgan fingerprint density at radius 1 is 0.900 bits per heavy atom. The Morgan fingerprint density at radius 2 is 1.45 bits per heavy atom. The van der Waals surface area contributed by atoms with Crippen LogP contribution in [-0.4, -0.2) is 12.2 Å². The highest BCUT2D eigenvalue weighted by Crippen LogP contribution is 2.28. The third-order valence-electron chi connectivity index (χ3n) is 2.81. The van der Waals surface area contributed by atoms with Gasteiger partial charge in [0.15, 0.2) is 29.0 Å². The molecule has 0 heterocycles. The predicted molar refractivity (Wildman–Crippen MR) is 63.3 cm³/mol. The first-order valence-electron chi connectivity index (χ1n) is 5.60. The summed E-state index contributed by atoms with van der Waals surface area (Å²) in [4.78, 5) is 0. The summed E-state index contributed by atoms with van der Waals surface area (Å²) >= 11 is 0. The Hall–Kier alpha value is -2.08. The maximum Gasteiger partial charge on any atom is 0.194 e. The van der Waals surface area contributed by atoms with E-state index >= 15 is 0 Å². The van der Waals surface area contributed by atoms with Crippen molar-refractivity contribution in [2.75, 3.05) is 7.11 Å². The van der Waals surface area contributed by atoms with E-state index in [9.17, 15) is 22.7 Å². The molecular formula is C14H10F4O2. The number of aliphatic hydroxyl groups excluding tert-OH is 1. The molecule has 0 spiro atoms. The lowest BCUT2D eigenvalue weighted by Gasteiger charge is -2.13. The molecule has 0 aliphatic heterocycles. The number of halogens is 4. The fourth-order valence-corrected chi connectivity index (χ4v) is 1.78. The molecule has 2 rings (SSSR count). The van der Waals surface area contributed by atoms with Crippen molar-refractivity contribution in [2.45, 2.75) is 6.10 Å². The minimum Gasteiger partial charge on any atom is -0.494 e. The van der Waals surface area contributed by atoms with Gasteiger partial charge in [-0.25, -0.2) is 17.6 Å². The quantitative estimate of drug-likeness (QED) is 0.692. The number of benzene rings is 2. The standard InChI is InChI=1S/C14H10F4O2/c1-20-12-3-2-7(4-9(12)15)14(19)8-5-10(16)13(18)11(17)6-8/h2-6,14,19H,1H3. The lowest BCUT2D eigenvalue weighted by atomic mass is 10.0. The van der Waals surface area contributed by atoms with Crippen molar-refractivity contribution in [3.05, 3.63) is 64.7 Å². The average Bonchev–Trinajstić information content (AvgIpc) is 2.43. The summed E-state index contributed by atoms with van der Waals surface area (Å²) in [5.74, 6) is -5.23. The monoisotopic (exact) mass is 286 g/mol. The summed E-state index contributed by atoms with van der Waals surface area (Å²) in [6.07, 6.45) is -1.49. The zero-order chi connectivity index (χ0) is 14.9. The molecule has 0 amide bonds. The largest absolute Gasteiger partial charge is 0.494 e. The van der Waals surface area contributed by atoms with Gasteiger partial charge in [0.2, 0.25) is 0 Å². The summed E-state index contributed by atoms with van der Waals surface area (Å²) < 4.78 is 57.2. The zero-order valence-electron chi connectivity index (χ0n) is 10.3. The topological polar surface area (TPSA) is 29.5 Å². The van der Waals surface area contributed by atoms with Gasteiger partial charge in [-0.1, -0.05) is 6.07 Å². The maximum absolute atomic E-state index is 13.5. The van der Waals surface area contributed by atoms with Crippen LogP contribution >= 0.6 is 0 Å². The summed E-state index contributed by atoms with van der Waals surface area (Å²) in [6, 6.07) is 4.90. The van der Waals surface area contributed by atoms with Gasteiger partial charge < -0.3 is 9.84 Å². The number of aliphatic hydroxyl groups is 1. The van der Waals surface area contributed by atoms with Crippen LogP contribution in [0.1, 0.15) is 17.2 Å². The lowest BCUT2D eigenvalue weighted by molar-refractivity contribution is 0.218. The number of methoxy groups -OCH3 is 1. The van der Waals surface area contributed by atoms with Crippen molar-refractivity contribution < 1.29 is 27.4 Å². The Balaban J connectivity index is 2.41. The summed E-state index contributed by atoms with van der Waals surface area (Å²) in [5, 5.41) is 9.96. The number of ether oxygens (including phenoxy) is 1. The third kappa shape index (κ3) is 2.60. The van der Waals surface area contributed by atoms with E-state index in [1.54, 1.807) is 0 Å². The fraction of sp³-hybridized carbons (Fsp3) is 0.143. The molecular weight excluding hydrogens is 276 g/mol. The van der Waals surface area contributed by atoms with E-state index in [0.29, 0.717) is 12.1 Å². The van der Waals surface area contributed by atoms with Gasteiger partial charge in [0, 0.05) is 0 Å². The highest BCUT2D eigenvalue weighted by atomic mass is 19.2. The maximum atomic E-state index is 13.5. The molecule has 2 aromatic rings. The number of hydrogen-bond acceptors (Lipinski definition) is 2. The molecule has 0 saturated carbocycles. The van der Waals surface area contributed by atoms with Crippen molar-refractivity contribution in [2.24, 2.45) is 0 Å². The minimum absolute atomic E-state index is 0.0302. The molecule has 1 atom stereocenters. The minimum atomic E-state index is -1.62. The zero-order valence-corrected chi connectivity index (χ0v) is 10.3. The van der Waals surface area contributed by atoms with E-state index in [1.165, 1.54) is 19.2 Å². The average molecular weight is 286 g/mol. The van der Waals surface area contributed by atoms with Crippen LogP contribution in [0.15, 0.2) is 30.3 Å². The van der Waals surface area contributed by atoms with Crippen LogP contribution in [0.2, 0.25) is 0 Å². The molecule has 0 aromatic heterocycles. The first-order valence-corrected chi connectivity index (χ1v) is 5.60. The molecule has 20 heavy (non-hydrogen) atoms.